The number of aliphatic hydroxyl groups is 1. The van der Waals surface area contributed by atoms with Crippen LogP contribution < -0.4 is 5.32 Å². The summed E-state index contributed by atoms with van der Waals surface area (Å²) < 4.78 is 0. The minimum atomic E-state index is -0.328. The highest BCUT2D eigenvalue weighted by molar-refractivity contribution is 5.39. The van der Waals surface area contributed by atoms with Crippen LogP contribution in [0.2, 0.25) is 0 Å². The molecule has 0 aromatic heterocycles. The molecule has 2 rings (SSSR count). The highest BCUT2D eigenvalue weighted by Crippen LogP contribution is 2.35. The molecule has 0 atom stereocenters. The van der Waals surface area contributed by atoms with Gasteiger partial charge in [0.05, 0.1) is 4.92 Å². The van der Waals surface area contributed by atoms with Gasteiger partial charge in [0.15, 0.2) is 0 Å². The van der Waals surface area contributed by atoms with Crippen LogP contribution in [0.3, 0.4) is 0 Å². The molecule has 0 aliphatic heterocycles. The molecule has 5 heteroatoms. The van der Waals surface area contributed by atoms with Crippen molar-refractivity contribution in [2.24, 2.45) is 5.41 Å². The first-order chi connectivity index (χ1) is 10.2. The smallest absolute Gasteiger partial charge is 0.272 e. The first kappa shape index (κ1) is 15.9. The average molecular weight is 292 g/mol. The maximum Gasteiger partial charge on any atom is 0.272 e. The second-order valence-corrected chi connectivity index (χ2v) is 6.03. The number of nitro benzene ring substituents is 1. The van der Waals surface area contributed by atoms with E-state index in [-0.39, 0.29) is 22.6 Å². The molecule has 5 nitrogen and oxygen atoms in total. The predicted octanol–water partition coefficient (Wildman–Crippen LogP) is 2.67. The van der Waals surface area contributed by atoms with Gasteiger partial charge in [-0.2, -0.15) is 0 Å². The van der Waals surface area contributed by atoms with Gasteiger partial charge >= 0.3 is 0 Å². The molecule has 116 valence electrons. The number of rotatable bonds is 7. The van der Waals surface area contributed by atoms with Crippen molar-refractivity contribution in [3.63, 3.8) is 0 Å². The summed E-state index contributed by atoms with van der Waals surface area (Å²) in [6.45, 7) is 1.72. The Bertz CT molecular complexity index is 470. The van der Waals surface area contributed by atoms with Gasteiger partial charge in [0, 0.05) is 30.2 Å². The standard InChI is InChI=1S/C16H24N2O3/c19-13-16(9-4-1-5-10-16)12-17-11-8-14-6-2-3-7-15(14)18(20)21/h2-3,6-7,17,19H,1,4-5,8-13H2. The molecule has 0 bridgehead atoms. The van der Waals surface area contributed by atoms with Gasteiger partial charge in [0.1, 0.15) is 0 Å². The number of nitro groups is 1. The Labute approximate surface area is 125 Å². The van der Waals surface area contributed by atoms with Crippen LogP contribution in [-0.4, -0.2) is 29.7 Å². The summed E-state index contributed by atoms with van der Waals surface area (Å²) in [6.07, 6.45) is 6.42. The van der Waals surface area contributed by atoms with Crippen molar-refractivity contribution in [1.82, 2.24) is 5.32 Å². The van der Waals surface area contributed by atoms with Crippen molar-refractivity contribution in [3.05, 3.63) is 39.9 Å². The second-order valence-electron chi connectivity index (χ2n) is 6.03. The van der Waals surface area contributed by atoms with Gasteiger partial charge in [-0.1, -0.05) is 37.5 Å². The van der Waals surface area contributed by atoms with Crippen LogP contribution in [0.5, 0.6) is 0 Å². The SMILES string of the molecule is O=[N+]([O-])c1ccccc1CCNCC1(CO)CCCCC1. The zero-order valence-electron chi connectivity index (χ0n) is 12.4. The fraction of sp³-hybridized carbons (Fsp3) is 0.625. The topological polar surface area (TPSA) is 75.4 Å². The Hall–Kier alpha value is -1.46. The molecule has 0 spiro atoms. The van der Waals surface area contributed by atoms with Crippen LogP contribution in [0.4, 0.5) is 5.69 Å². The summed E-state index contributed by atoms with van der Waals surface area (Å²) in [7, 11) is 0. The average Bonchev–Trinajstić information content (AvgIpc) is 2.53. The Kier molecular flexibility index (Phi) is 5.70. The van der Waals surface area contributed by atoms with Crippen LogP contribution in [0.15, 0.2) is 24.3 Å². The van der Waals surface area contributed by atoms with Gasteiger partial charge in [0.25, 0.3) is 5.69 Å². The van der Waals surface area contributed by atoms with Gasteiger partial charge in [-0.25, -0.2) is 0 Å². The molecule has 0 heterocycles. The van der Waals surface area contributed by atoms with E-state index in [4.69, 9.17) is 0 Å². The van der Waals surface area contributed by atoms with E-state index in [1.807, 2.05) is 12.1 Å². The van der Waals surface area contributed by atoms with Crippen molar-refractivity contribution >= 4 is 5.69 Å². The number of para-hydroxylation sites is 1. The van der Waals surface area contributed by atoms with Crippen LogP contribution in [0.1, 0.15) is 37.7 Å². The summed E-state index contributed by atoms with van der Waals surface area (Å²) in [5.74, 6) is 0. The molecule has 21 heavy (non-hydrogen) atoms. The molecule has 1 aliphatic carbocycles. The van der Waals surface area contributed by atoms with E-state index in [0.717, 1.165) is 24.9 Å². The Balaban J connectivity index is 1.83. The highest BCUT2D eigenvalue weighted by Gasteiger charge is 2.30. The quantitative estimate of drug-likeness (QED) is 0.460. The molecule has 0 saturated heterocycles. The second kappa shape index (κ2) is 7.52. The van der Waals surface area contributed by atoms with Crippen molar-refractivity contribution in [3.8, 4) is 0 Å². The number of nitrogens with zero attached hydrogens (tertiary/aromatic N) is 1. The third-order valence-corrected chi connectivity index (χ3v) is 4.51. The van der Waals surface area contributed by atoms with Crippen LogP contribution >= 0.6 is 0 Å². The lowest BCUT2D eigenvalue weighted by atomic mass is 9.74. The summed E-state index contributed by atoms with van der Waals surface area (Å²) in [5.41, 5.74) is 0.964. The first-order valence-corrected chi connectivity index (χ1v) is 7.71. The molecular weight excluding hydrogens is 268 g/mol. The largest absolute Gasteiger partial charge is 0.396 e. The lowest BCUT2D eigenvalue weighted by Gasteiger charge is -2.35. The lowest BCUT2D eigenvalue weighted by molar-refractivity contribution is -0.385. The maximum atomic E-state index is 11.0. The Morgan fingerprint density at radius 2 is 1.95 bits per heavy atom. The molecule has 1 fully saturated rings. The first-order valence-electron chi connectivity index (χ1n) is 7.71. The van der Waals surface area contributed by atoms with Crippen molar-refractivity contribution in [1.29, 1.82) is 0 Å². The number of benzene rings is 1. The summed E-state index contributed by atoms with van der Waals surface area (Å²) in [5, 5.41) is 24.0. The van der Waals surface area contributed by atoms with Crippen molar-refractivity contribution in [2.75, 3.05) is 19.7 Å². The zero-order chi connectivity index (χ0) is 15.1. The number of hydrogen-bond acceptors (Lipinski definition) is 4. The molecule has 1 aromatic rings. The summed E-state index contributed by atoms with van der Waals surface area (Å²) in [4.78, 5) is 10.6. The summed E-state index contributed by atoms with van der Waals surface area (Å²) in [6, 6.07) is 6.88. The number of aliphatic hydroxyl groups excluding tert-OH is 1. The fourth-order valence-electron chi connectivity index (χ4n) is 3.17. The Morgan fingerprint density at radius 1 is 1.24 bits per heavy atom. The van der Waals surface area contributed by atoms with Gasteiger partial charge in [-0.05, 0) is 25.8 Å². The van der Waals surface area contributed by atoms with Gasteiger partial charge in [0.2, 0.25) is 0 Å². The zero-order valence-corrected chi connectivity index (χ0v) is 12.4. The van der Waals surface area contributed by atoms with Crippen molar-refractivity contribution in [2.45, 2.75) is 38.5 Å². The minimum Gasteiger partial charge on any atom is -0.396 e. The van der Waals surface area contributed by atoms with Crippen molar-refractivity contribution < 1.29 is 10.0 Å². The van der Waals surface area contributed by atoms with Gasteiger partial charge in [-0.3, -0.25) is 10.1 Å². The third-order valence-electron chi connectivity index (χ3n) is 4.51. The minimum absolute atomic E-state index is 0.0148. The molecule has 1 aliphatic rings. The van der Waals surface area contributed by atoms with E-state index < -0.39 is 0 Å². The highest BCUT2D eigenvalue weighted by atomic mass is 16.6. The normalized spacial score (nSPS) is 17.6. The van der Waals surface area contributed by atoms with Crippen LogP contribution in [0, 0.1) is 15.5 Å². The maximum absolute atomic E-state index is 11.0. The van der Waals surface area contributed by atoms with E-state index in [2.05, 4.69) is 5.32 Å². The van der Waals surface area contributed by atoms with Crippen LogP contribution in [-0.2, 0) is 6.42 Å². The monoisotopic (exact) mass is 292 g/mol. The number of hydrogen-bond donors (Lipinski definition) is 2. The Morgan fingerprint density at radius 3 is 2.62 bits per heavy atom. The lowest BCUT2D eigenvalue weighted by Crippen LogP contribution is -2.39. The van der Waals surface area contributed by atoms with E-state index in [9.17, 15) is 15.2 Å². The predicted molar refractivity (Wildman–Crippen MR) is 82.3 cm³/mol. The van der Waals surface area contributed by atoms with E-state index >= 15 is 0 Å². The van der Waals surface area contributed by atoms with E-state index in [0.29, 0.717) is 13.0 Å². The molecule has 2 N–H and O–H groups in total. The molecule has 0 amide bonds. The van der Waals surface area contributed by atoms with Gasteiger partial charge in [-0.15, -0.1) is 0 Å². The van der Waals surface area contributed by atoms with Crippen LogP contribution in [0.25, 0.3) is 0 Å². The van der Waals surface area contributed by atoms with E-state index in [1.54, 1.807) is 12.1 Å². The fourth-order valence-corrected chi connectivity index (χ4v) is 3.17. The molecule has 1 aromatic carbocycles. The summed E-state index contributed by atoms with van der Waals surface area (Å²) >= 11 is 0. The van der Waals surface area contributed by atoms with E-state index in [1.165, 1.54) is 19.3 Å². The number of nitrogens with one attached hydrogen (secondary N) is 1. The molecule has 0 radical (unpaired) electrons. The molecular formula is C16H24N2O3. The third kappa shape index (κ3) is 4.25. The molecule has 0 unspecified atom stereocenters. The molecule has 1 saturated carbocycles. The van der Waals surface area contributed by atoms with Gasteiger partial charge < -0.3 is 10.4 Å².